The lowest BCUT2D eigenvalue weighted by Gasteiger charge is -2.53. The third kappa shape index (κ3) is 4.21. The summed E-state index contributed by atoms with van der Waals surface area (Å²) in [5.41, 5.74) is 11.3. The van der Waals surface area contributed by atoms with Gasteiger partial charge in [0, 0.05) is 23.2 Å². The molecule has 8 heteroatoms. The number of rotatable bonds is 3. The Bertz CT molecular complexity index is 1210. The molecule has 1 saturated heterocycles. The molecule has 2 aromatic rings. The lowest BCUT2D eigenvalue weighted by Crippen LogP contribution is -2.59. The topological polar surface area (TPSA) is 117 Å². The second-order valence-electron chi connectivity index (χ2n) is 9.69. The van der Waals surface area contributed by atoms with Crippen LogP contribution in [-0.2, 0) is 22.9 Å². The van der Waals surface area contributed by atoms with Crippen molar-refractivity contribution in [3.8, 4) is 11.8 Å². The summed E-state index contributed by atoms with van der Waals surface area (Å²) in [5.74, 6) is 1.22. The molecule has 2 heterocycles. The van der Waals surface area contributed by atoms with Gasteiger partial charge in [-0.15, -0.1) is 0 Å². The average molecular weight is 467 g/mol. The molecule has 3 atom stereocenters. The first-order chi connectivity index (χ1) is 15.8. The SMILES string of the molecule is CS(=O)(=O)Nc1ccc2c(c1)C(N)C(C1CCc3cc(C#N)ccc3C1)C1(CCNCC1)O2. The molecule has 2 aliphatic heterocycles. The normalized spacial score (nSPS) is 25.9. The zero-order valence-corrected chi connectivity index (χ0v) is 19.6. The molecule has 0 radical (unpaired) electrons. The van der Waals surface area contributed by atoms with Gasteiger partial charge in [-0.3, -0.25) is 4.72 Å². The first-order valence-corrected chi connectivity index (χ1v) is 13.5. The maximum atomic E-state index is 11.8. The highest BCUT2D eigenvalue weighted by atomic mass is 32.2. The Labute approximate surface area is 195 Å². The van der Waals surface area contributed by atoms with Crippen molar-refractivity contribution < 1.29 is 13.2 Å². The number of hydrogen-bond donors (Lipinski definition) is 3. The molecule has 1 fully saturated rings. The zero-order chi connectivity index (χ0) is 23.2. The van der Waals surface area contributed by atoms with Crippen molar-refractivity contribution in [2.24, 2.45) is 17.6 Å². The smallest absolute Gasteiger partial charge is 0.229 e. The van der Waals surface area contributed by atoms with Gasteiger partial charge in [-0.05, 0) is 92.6 Å². The van der Waals surface area contributed by atoms with Crippen LogP contribution < -0.4 is 20.5 Å². The molecule has 0 saturated carbocycles. The van der Waals surface area contributed by atoms with Crippen LogP contribution in [0.25, 0.3) is 0 Å². The Kier molecular flexibility index (Phi) is 5.60. The van der Waals surface area contributed by atoms with E-state index in [0.29, 0.717) is 17.2 Å². The van der Waals surface area contributed by atoms with Crippen molar-refractivity contribution in [1.29, 1.82) is 5.26 Å². The van der Waals surface area contributed by atoms with E-state index in [1.807, 2.05) is 24.3 Å². The molecule has 33 heavy (non-hydrogen) atoms. The Balaban J connectivity index is 1.52. The molecule has 0 bridgehead atoms. The summed E-state index contributed by atoms with van der Waals surface area (Å²) in [7, 11) is -3.38. The fourth-order valence-electron chi connectivity index (χ4n) is 6.15. The number of aryl methyl sites for hydroxylation is 1. The van der Waals surface area contributed by atoms with Gasteiger partial charge in [0.05, 0.1) is 17.9 Å². The van der Waals surface area contributed by atoms with Gasteiger partial charge < -0.3 is 15.8 Å². The van der Waals surface area contributed by atoms with Crippen LogP contribution in [0.15, 0.2) is 36.4 Å². The Morgan fingerprint density at radius 2 is 1.97 bits per heavy atom. The number of nitrogens with two attached hydrogens (primary N) is 1. The largest absolute Gasteiger partial charge is 0.486 e. The molecule has 1 aliphatic carbocycles. The molecular formula is C25H30N4O3S. The van der Waals surface area contributed by atoms with Crippen LogP contribution in [0.5, 0.6) is 5.75 Å². The van der Waals surface area contributed by atoms with Crippen LogP contribution in [0.3, 0.4) is 0 Å². The molecule has 1 spiro atoms. The highest BCUT2D eigenvalue weighted by Gasteiger charge is 2.52. The predicted octanol–water partition coefficient (Wildman–Crippen LogP) is 2.87. The maximum Gasteiger partial charge on any atom is 0.229 e. The monoisotopic (exact) mass is 466 g/mol. The van der Waals surface area contributed by atoms with E-state index in [0.717, 1.165) is 62.8 Å². The van der Waals surface area contributed by atoms with Crippen molar-refractivity contribution in [2.45, 2.75) is 43.7 Å². The van der Waals surface area contributed by atoms with Crippen molar-refractivity contribution in [1.82, 2.24) is 5.32 Å². The maximum absolute atomic E-state index is 11.8. The first-order valence-electron chi connectivity index (χ1n) is 11.6. The number of anilines is 1. The van der Waals surface area contributed by atoms with Crippen molar-refractivity contribution >= 4 is 15.7 Å². The Morgan fingerprint density at radius 1 is 1.18 bits per heavy atom. The molecule has 7 nitrogen and oxygen atoms in total. The van der Waals surface area contributed by atoms with Crippen LogP contribution >= 0.6 is 0 Å². The Hall–Kier alpha value is -2.60. The minimum atomic E-state index is -3.38. The molecule has 0 aromatic heterocycles. The number of nitriles is 1. The fourth-order valence-corrected chi connectivity index (χ4v) is 6.71. The molecule has 3 unspecified atom stereocenters. The second kappa shape index (κ2) is 8.32. The molecule has 3 aliphatic rings. The van der Waals surface area contributed by atoms with Gasteiger partial charge in [0.25, 0.3) is 0 Å². The summed E-state index contributed by atoms with van der Waals surface area (Å²) in [5, 5.41) is 12.7. The van der Waals surface area contributed by atoms with Crippen LogP contribution in [0, 0.1) is 23.2 Å². The van der Waals surface area contributed by atoms with Gasteiger partial charge in [-0.2, -0.15) is 5.26 Å². The average Bonchev–Trinajstić information content (AvgIpc) is 2.79. The van der Waals surface area contributed by atoms with E-state index in [9.17, 15) is 13.7 Å². The molecule has 174 valence electrons. The minimum Gasteiger partial charge on any atom is -0.486 e. The minimum absolute atomic E-state index is 0.115. The number of benzene rings is 2. The van der Waals surface area contributed by atoms with E-state index >= 15 is 0 Å². The standard InChI is InChI=1S/C25H30N4O3S/c1-33(30,31)29-20-6-7-22-21(14-20)24(27)23(25(32-22)8-10-28-11-9-25)19-5-4-17-12-16(15-26)2-3-18(17)13-19/h2-3,6-7,12,14,19,23-24,28-29H,4-5,8-11,13,27H2,1H3. The summed E-state index contributed by atoms with van der Waals surface area (Å²) in [6.07, 6.45) is 5.77. The summed E-state index contributed by atoms with van der Waals surface area (Å²) in [6, 6.07) is 13.4. The number of fused-ring (bicyclic) bond motifs is 2. The molecule has 4 N–H and O–H groups in total. The Morgan fingerprint density at radius 3 is 2.70 bits per heavy atom. The van der Waals surface area contributed by atoms with E-state index in [-0.39, 0.29) is 17.6 Å². The summed E-state index contributed by atoms with van der Waals surface area (Å²) in [4.78, 5) is 0. The molecular weight excluding hydrogens is 436 g/mol. The zero-order valence-electron chi connectivity index (χ0n) is 18.8. The van der Waals surface area contributed by atoms with Crippen molar-refractivity contribution in [2.75, 3.05) is 24.1 Å². The van der Waals surface area contributed by atoms with E-state index < -0.39 is 10.0 Å². The van der Waals surface area contributed by atoms with Gasteiger partial charge in [-0.25, -0.2) is 8.42 Å². The van der Waals surface area contributed by atoms with E-state index in [1.165, 1.54) is 11.1 Å². The number of nitrogens with zero attached hydrogens (tertiary/aromatic N) is 1. The number of sulfonamides is 1. The van der Waals surface area contributed by atoms with Gasteiger partial charge >= 0.3 is 0 Å². The lowest BCUT2D eigenvalue weighted by atomic mass is 9.62. The van der Waals surface area contributed by atoms with Gasteiger partial charge in [0.15, 0.2) is 0 Å². The van der Waals surface area contributed by atoms with E-state index in [2.05, 4.69) is 22.2 Å². The van der Waals surface area contributed by atoms with E-state index in [1.54, 1.807) is 6.07 Å². The van der Waals surface area contributed by atoms with Crippen LogP contribution in [0.1, 0.15) is 47.6 Å². The summed E-state index contributed by atoms with van der Waals surface area (Å²) < 4.78 is 32.9. The predicted molar refractivity (Wildman–Crippen MR) is 127 cm³/mol. The van der Waals surface area contributed by atoms with Crippen molar-refractivity contribution in [3.63, 3.8) is 0 Å². The molecule has 0 amide bonds. The second-order valence-corrected chi connectivity index (χ2v) is 11.4. The van der Waals surface area contributed by atoms with Crippen LogP contribution in [0.4, 0.5) is 5.69 Å². The first kappa shape index (κ1) is 22.2. The number of hydrogen-bond acceptors (Lipinski definition) is 6. The highest BCUT2D eigenvalue weighted by Crippen LogP contribution is 2.52. The highest BCUT2D eigenvalue weighted by molar-refractivity contribution is 7.92. The number of ether oxygens (including phenoxy) is 1. The summed E-state index contributed by atoms with van der Waals surface area (Å²) >= 11 is 0. The van der Waals surface area contributed by atoms with Crippen molar-refractivity contribution in [3.05, 3.63) is 58.7 Å². The van der Waals surface area contributed by atoms with Gasteiger partial charge in [0.2, 0.25) is 10.0 Å². The fraction of sp³-hybridized carbons (Fsp3) is 0.480. The molecule has 5 rings (SSSR count). The third-order valence-corrected chi connectivity index (χ3v) is 8.15. The van der Waals surface area contributed by atoms with Crippen LogP contribution in [-0.4, -0.2) is 33.4 Å². The number of piperidine rings is 1. The van der Waals surface area contributed by atoms with Gasteiger partial charge in [-0.1, -0.05) is 6.07 Å². The summed E-state index contributed by atoms with van der Waals surface area (Å²) in [6.45, 7) is 1.78. The third-order valence-electron chi connectivity index (χ3n) is 7.54. The molecule has 2 aromatic carbocycles. The quantitative estimate of drug-likeness (QED) is 0.640. The lowest BCUT2D eigenvalue weighted by molar-refractivity contribution is -0.0709. The van der Waals surface area contributed by atoms with Gasteiger partial charge in [0.1, 0.15) is 11.4 Å². The number of nitrogens with one attached hydrogen (secondary N) is 2. The van der Waals surface area contributed by atoms with Crippen LogP contribution in [0.2, 0.25) is 0 Å². The van der Waals surface area contributed by atoms with E-state index in [4.69, 9.17) is 10.5 Å².